The Hall–Kier alpha value is -3.87. The quantitative estimate of drug-likeness (QED) is 0.526. The zero-order valence-electron chi connectivity index (χ0n) is 17.7. The maximum Gasteiger partial charge on any atom is 0.291 e. The summed E-state index contributed by atoms with van der Waals surface area (Å²) in [6.45, 7) is 6.50. The van der Waals surface area contributed by atoms with E-state index in [1.165, 1.54) is 6.26 Å². The average molecular weight is 419 g/mol. The van der Waals surface area contributed by atoms with E-state index < -0.39 is 0 Å². The zero-order chi connectivity index (χ0) is 22.4. The number of anilines is 2. The summed E-state index contributed by atoms with van der Waals surface area (Å²) >= 11 is 0. The summed E-state index contributed by atoms with van der Waals surface area (Å²) < 4.78 is 5.05. The number of aryl methyl sites for hydroxylation is 1. The normalized spacial score (nSPS) is 10.6. The maximum atomic E-state index is 12.6. The van der Waals surface area contributed by atoms with E-state index in [4.69, 9.17) is 4.42 Å². The van der Waals surface area contributed by atoms with Crippen molar-refractivity contribution < 1.29 is 18.8 Å². The van der Waals surface area contributed by atoms with Gasteiger partial charge >= 0.3 is 0 Å². The van der Waals surface area contributed by atoms with Gasteiger partial charge in [-0.2, -0.15) is 0 Å². The van der Waals surface area contributed by atoms with Crippen LogP contribution in [0.4, 0.5) is 11.4 Å². The minimum absolute atomic E-state index is 0.137. The van der Waals surface area contributed by atoms with Crippen molar-refractivity contribution in [2.45, 2.75) is 20.8 Å². The Morgan fingerprint density at radius 3 is 2.19 bits per heavy atom. The molecule has 3 rings (SSSR count). The molecule has 0 bridgehead atoms. The Bertz CT molecular complexity index is 1070. The number of amides is 3. The highest BCUT2D eigenvalue weighted by Crippen LogP contribution is 2.19. The lowest BCUT2D eigenvalue weighted by Crippen LogP contribution is -2.27. The van der Waals surface area contributed by atoms with E-state index in [1.54, 1.807) is 54.6 Å². The number of benzene rings is 2. The number of carbonyl (C=O) groups is 3. The Labute approximate surface area is 180 Å². The van der Waals surface area contributed by atoms with Gasteiger partial charge in [0, 0.05) is 29.0 Å². The Balaban J connectivity index is 1.62. The van der Waals surface area contributed by atoms with E-state index in [0.717, 1.165) is 5.56 Å². The molecule has 7 heteroatoms. The summed E-state index contributed by atoms with van der Waals surface area (Å²) in [5.74, 6) is -0.215. The SMILES string of the molecule is Cc1cc(C(=O)NCC(C)C)ccc1NC(=O)c1ccc(NC(=O)c2ccco2)cc1. The highest BCUT2D eigenvalue weighted by molar-refractivity contribution is 6.06. The van der Waals surface area contributed by atoms with E-state index in [0.29, 0.717) is 35.0 Å². The number of rotatable bonds is 7. The van der Waals surface area contributed by atoms with Crippen LogP contribution in [0.1, 0.15) is 50.7 Å². The van der Waals surface area contributed by atoms with Gasteiger partial charge in [0.15, 0.2) is 5.76 Å². The third-order valence-electron chi connectivity index (χ3n) is 4.56. The summed E-state index contributed by atoms with van der Waals surface area (Å²) in [6.07, 6.45) is 1.43. The Kier molecular flexibility index (Phi) is 6.87. The third kappa shape index (κ3) is 5.82. The number of furan rings is 1. The molecular formula is C24H25N3O4. The largest absolute Gasteiger partial charge is 0.459 e. The summed E-state index contributed by atoms with van der Waals surface area (Å²) in [4.78, 5) is 36.8. The first-order chi connectivity index (χ1) is 14.8. The van der Waals surface area contributed by atoms with E-state index in [1.807, 2.05) is 20.8 Å². The van der Waals surface area contributed by atoms with Gasteiger partial charge in [0.05, 0.1) is 6.26 Å². The van der Waals surface area contributed by atoms with Crippen LogP contribution in [-0.4, -0.2) is 24.3 Å². The first-order valence-electron chi connectivity index (χ1n) is 9.98. The van der Waals surface area contributed by atoms with Crippen molar-refractivity contribution >= 4 is 29.1 Å². The van der Waals surface area contributed by atoms with Crippen LogP contribution in [-0.2, 0) is 0 Å². The molecule has 0 saturated carbocycles. The molecule has 0 spiro atoms. The summed E-state index contributed by atoms with van der Waals surface area (Å²) in [5.41, 5.74) is 2.95. The van der Waals surface area contributed by atoms with Crippen molar-refractivity contribution in [3.05, 3.63) is 83.3 Å². The summed E-state index contributed by atoms with van der Waals surface area (Å²) in [5, 5.41) is 8.43. The van der Waals surface area contributed by atoms with Gasteiger partial charge in [-0.05, 0) is 73.0 Å². The van der Waals surface area contributed by atoms with Crippen LogP contribution in [0.5, 0.6) is 0 Å². The van der Waals surface area contributed by atoms with E-state index >= 15 is 0 Å². The number of carbonyl (C=O) groups excluding carboxylic acids is 3. The predicted octanol–water partition coefficient (Wildman–Crippen LogP) is 4.48. The van der Waals surface area contributed by atoms with Crippen LogP contribution in [0.2, 0.25) is 0 Å². The first-order valence-corrected chi connectivity index (χ1v) is 9.98. The lowest BCUT2D eigenvalue weighted by Gasteiger charge is -2.12. The third-order valence-corrected chi connectivity index (χ3v) is 4.56. The molecule has 0 saturated heterocycles. The number of hydrogen-bond donors (Lipinski definition) is 3. The lowest BCUT2D eigenvalue weighted by atomic mass is 10.1. The maximum absolute atomic E-state index is 12.6. The molecule has 1 heterocycles. The van der Waals surface area contributed by atoms with Crippen LogP contribution in [0.15, 0.2) is 65.3 Å². The van der Waals surface area contributed by atoms with Crippen LogP contribution < -0.4 is 16.0 Å². The van der Waals surface area contributed by atoms with Crippen LogP contribution in [0.3, 0.4) is 0 Å². The fraction of sp³-hybridized carbons (Fsp3) is 0.208. The van der Waals surface area contributed by atoms with Crippen molar-refractivity contribution in [3.8, 4) is 0 Å². The molecule has 0 fully saturated rings. The monoisotopic (exact) mass is 419 g/mol. The molecule has 3 amide bonds. The van der Waals surface area contributed by atoms with E-state index in [2.05, 4.69) is 16.0 Å². The van der Waals surface area contributed by atoms with E-state index in [9.17, 15) is 14.4 Å². The van der Waals surface area contributed by atoms with Crippen molar-refractivity contribution in [3.63, 3.8) is 0 Å². The van der Waals surface area contributed by atoms with Crippen molar-refractivity contribution in [1.29, 1.82) is 0 Å². The molecule has 1 aromatic heterocycles. The second kappa shape index (κ2) is 9.75. The van der Waals surface area contributed by atoms with Gasteiger partial charge < -0.3 is 20.4 Å². The minimum atomic E-state index is -0.365. The van der Waals surface area contributed by atoms with Crippen molar-refractivity contribution in [2.24, 2.45) is 5.92 Å². The highest BCUT2D eigenvalue weighted by Gasteiger charge is 2.12. The molecule has 0 atom stereocenters. The average Bonchev–Trinajstić information content (AvgIpc) is 3.29. The number of hydrogen-bond acceptors (Lipinski definition) is 4. The molecule has 31 heavy (non-hydrogen) atoms. The van der Waals surface area contributed by atoms with Gasteiger partial charge in [-0.1, -0.05) is 13.8 Å². The van der Waals surface area contributed by atoms with Gasteiger partial charge in [-0.15, -0.1) is 0 Å². The molecule has 0 aliphatic rings. The Morgan fingerprint density at radius 2 is 1.58 bits per heavy atom. The molecule has 3 N–H and O–H groups in total. The fourth-order valence-electron chi connectivity index (χ4n) is 2.84. The van der Waals surface area contributed by atoms with Gasteiger partial charge in [0.2, 0.25) is 0 Å². The molecule has 2 aromatic carbocycles. The molecule has 3 aromatic rings. The van der Waals surface area contributed by atoms with Gasteiger partial charge in [-0.25, -0.2) is 0 Å². The summed E-state index contributed by atoms with van der Waals surface area (Å²) in [6, 6.07) is 14.9. The summed E-state index contributed by atoms with van der Waals surface area (Å²) in [7, 11) is 0. The smallest absolute Gasteiger partial charge is 0.291 e. The van der Waals surface area contributed by atoms with Gasteiger partial charge in [0.25, 0.3) is 17.7 Å². The minimum Gasteiger partial charge on any atom is -0.459 e. The molecular weight excluding hydrogens is 394 g/mol. The predicted molar refractivity (Wildman–Crippen MR) is 119 cm³/mol. The topological polar surface area (TPSA) is 100 Å². The number of nitrogens with one attached hydrogen (secondary N) is 3. The van der Waals surface area contributed by atoms with Crippen molar-refractivity contribution in [2.75, 3.05) is 17.2 Å². The van der Waals surface area contributed by atoms with E-state index in [-0.39, 0.29) is 23.5 Å². The molecule has 7 nitrogen and oxygen atoms in total. The second-order valence-corrected chi connectivity index (χ2v) is 7.60. The fourth-order valence-corrected chi connectivity index (χ4v) is 2.84. The molecule has 0 radical (unpaired) electrons. The van der Waals surface area contributed by atoms with Gasteiger partial charge in [-0.3, -0.25) is 14.4 Å². The standard InChI is InChI=1S/C24H25N3O4/c1-15(2)14-25-22(28)18-8-11-20(16(3)13-18)27-23(29)17-6-9-19(10-7-17)26-24(30)21-5-4-12-31-21/h4-13,15H,14H2,1-3H3,(H,25,28)(H,26,30)(H,27,29). The molecule has 0 unspecified atom stereocenters. The van der Waals surface area contributed by atoms with Crippen molar-refractivity contribution in [1.82, 2.24) is 5.32 Å². The first kappa shape index (κ1) is 21.8. The second-order valence-electron chi connectivity index (χ2n) is 7.60. The van der Waals surface area contributed by atoms with Crippen LogP contribution >= 0.6 is 0 Å². The molecule has 0 aliphatic heterocycles. The Morgan fingerprint density at radius 1 is 0.871 bits per heavy atom. The molecule has 160 valence electrons. The molecule has 0 aliphatic carbocycles. The zero-order valence-corrected chi connectivity index (χ0v) is 17.7. The highest BCUT2D eigenvalue weighted by atomic mass is 16.3. The van der Waals surface area contributed by atoms with Gasteiger partial charge in [0.1, 0.15) is 0 Å². The lowest BCUT2D eigenvalue weighted by molar-refractivity contribution is 0.0947. The van der Waals surface area contributed by atoms with Crippen LogP contribution in [0.25, 0.3) is 0 Å². The van der Waals surface area contributed by atoms with Crippen LogP contribution in [0, 0.1) is 12.8 Å².